The minimum absolute atomic E-state index is 0.259. The molecule has 2 fully saturated rings. The number of hydrogen-bond donors (Lipinski definition) is 0. The largest absolute Gasteiger partial charge is 0.497 e. The highest BCUT2D eigenvalue weighted by Gasteiger charge is 2.30. The predicted octanol–water partition coefficient (Wildman–Crippen LogP) is 3.60. The van der Waals surface area contributed by atoms with E-state index in [-0.39, 0.29) is 5.92 Å². The Balaban J connectivity index is 1.48. The summed E-state index contributed by atoms with van der Waals surface area (Å²) in [7, 11) is 1.72. The van der Waals surface area contributed by atoms with Crippen LogP contribution in [0.5, 0.6) is 5.75 Å². The summed E-state index contributed by atoms with van der Waals surface area (Å²) < 4.78 is 5.32. The van der Waals surface area contributed by atoms with Crippen LogP contribution in [0.15, 0.2) is 24.3 Å². The molecule has 0 radical (unpaired) electrons. The summed E-state index contributed by atoms with van der Waals surface area (Å²) in [4.78, 5) is 17.6. The first kappa shape index (κ1) is 19.2. The van der Waals surface area contributed by atoms with Crippen LogP contribution in [0.25, 0.3) is 0 Å². The van der Waals surface area contributed by atoms with Gasteiger partial charge in [-0.2, -0.15) is 0 Å². The lowest BCUT2D eigenvalue weighted by Crippen LogP contribution is -2.46. The molecule has 2 aliphatic heterocycles. The van der Waals surface area contributed by atoms with Crippen molar-refractivity contribution in [1.82, 2.24) is 9.80 Å². The first-order chi connectivity index (χ1) is 12.7. The minimum Gasteiger partial charge on any atom is -0.497 e. The van der Waals surface area contributed by atoms with Gasteiger partial charge >= 0.3 is 0 Å². The molecule has 0 saturated carbocycles. The third kappa shape index (κ3) is 5.00. The average molecular weight is 359 g/mol. The Morgan fingerprint density at radius 3 is 2.73 bits per heavy atom. The Bertz CT molecular complexity index is 581. The number of hydrogen-bond acceptors (Lipinski definition) is 3. The molecule has 1 aromatic rings. The Labute approximate surface area is 158 Å². The Hall–Kier alpha value is -1.55. The number of likely N-dealkylation sites (tertiary alicyclic amines) is 2. The summed E-state index contributed by atoms with van der Waals surface area (Å²) in [6, 6.07) is 8.37. The zero-order chi connectivity index (χ0) is 18.4. The molecule has 1 atom stereocenters. The highest BCUT2D eigenvalue weighted by Crippen LogP contribution is 2.26. The molecule has 144 valence electrons. The quantitative estimate of drug-likeness (QED) is 0.779. The van der Waals surface area contributed by atoms with Gasteiger partial charge in [0.05, 0.1) is 7.11 Å². The van der Waals surface area contributed by atoms with Crippen molar-refractivity contribution in [2.24, 2.45) is 11.8 Å². The van der Waals surface area contributed by atoms with Crippen molar-refractivity contribution in [1.29, 1.82) is 0 Å². The molecule has 26 heavy (non-hydrogen) atoms. The van der Waals surface area contributed by atoms with Crippen LogP contribution in [0.4, 0.5) is 0 Å². The molecule has 4 heteroatoms. The molecule has 4 nitrogen and oxygen atoms in total. The number of nitrogens with zero attached hydrogens (tertiary/aromatic N) is 2. The molecular formula is C22H34N2O2. The van der Waals surface area contributed by atoms with Gasteiger partial charge in [-0.1, -0.05) is 19.1 Å². The van der Waals surface area contributed by atoms with Gasteiger partial charge in [0, 0.05) is 19.0 Å². The fourth-order valence-corrected chi connectivity index (χ4v) is 4.45. The number of methoxy groups -OCH3 is 1. The van der Waals surface area contributed by atoms with E-state index in [0.717, 1.165) is 70.6 Å². The molecule has 1 aromatic carbocycles. The summed E-state index contributed by atoms with van der Waals surface area (Å²) in [5.41, 5.74) is 1.33. The van der Waals surface area contributed by atoms with E-state index in [1.54, 1.807) is 7.11 Å². The molecule has 0 unspecified atom stereocenters. The van der Waals surface area contributed by atoms with Gasteiger partial charge in [0.15, 0.2) is 0 Å². The maximum Gasteiger partial charge on any atom is 0.225 e. The van der Waals surface area contributed by atoms with Crippen LogP contribution in [0.2, 0.25) is 0 Å². The van der Waals surface area contributed by atoms with Gasteiger partial charge in [-0.25, -0.2) is 0 Å². The molecule has 1 amide bonds. The first-order valence-corrected chi connectivity index (χ1v) is 10.3. The smallest absolute Gasteiger partial charge is 0.225 e. The molecule has 0 bridgehead atoms. The summed E-state index contributed by atoms with van der Waals surface area (Å²) in [5.74, 6) is 2.25. The van der Waals surface area contributed by atoms with Crippen LogP contribution >= 0.6 is 0 Å². The van der Waals surface area contributed by atoms with Crippen LogP contribution < -0.4 is 4.74 Å². The van der Waals surface area contributed by atoms with Gasteiger partial charge in [-0.3, -0.25) is 4.79 Å². The number of aryl methyl sites for hydroxylation is 1. The topological polar surface area (TPSA) is 32.8 Å². The van der Waals surface area contributed by atoms with Crippen molar-refractivity contribution < 1.29 is 9.53 Å². The van der Waals surface area contributed by atoms with Gasteiger partial charge in [0.25, 0.3) is 0 Å². The third-order valence-electron chi connectivity index (χ3n) is 6.19. The zero-order valence-corrected chi connectivity index (χ0v) is 16.5. The average Bonchev–Trinajstić information content (AvgIpc) is 2.72. The molecule has 3 rings (SSSR count). The monoisotopic (exact) mass is 358 g/mol. The highest BCUT2D eigenvalue weighted by molar-refractivity contribution is 5.79. The standard InChI is InChI=1S/C22H34N2O2/c1-3-23-14-11-20(12-15-23)22(25)24-13-5-7-19(17-24)10-9-18-6-4-8-21(16-18)26-2/h4,6,8,16,19-20H,3,5,7,9-15,17H2,1-2H3/t19-/m1/s1. The third-order valence-corrected chi connectivity index (χ3v) is 6.19. The van der Waals surface area contributed by atoms with Gasteiger partial charge in [0.1, 0.15) is 5.75 Å². The number of piperidine rings is 2. The number of benzene rings is 1. The summed E-state index contributed by atoms with van der Waals surface area (Å²) in [5, 5.41) is 0. The normalized spacial score (nSPS) is 22.4. The van der Waals surface area contributed by atoms with Crippen molar-refractivity contribution in [2.45, 2.75) is 45.4 Å². The van der Waals surface area contributed by atoms with Crippen molar-refractivity contribution in [3.63, 3.8) is 0 Å². The number of amides is 1. The fraction of sp³-hybridized carbons (Fsp3) is 0.682. The van der Waals surface area contributed by atoms with Gasteiger partial charge in [-0.15, -0.1) is 0 Å². The van der Waals surface area contributed by atoms with Crippen molar-refractivity contribution in [3.8, 4) is 5.75 Å². The Morgan fingerprint density at radius 1 is 1.19 bits per heavy atom. The maximum absolute atomic E-state index is 12.9. The molecule has 2 saturated heterocycles. The van der Waals surface area contributed by atoms with E-state index in [4.69, 9.17) is 4.74 Å². The second-order valence-electron chi connectivity index (χ2n) is 7.89. The maximum atomic E-state index is 12.9. The number of carbonyl (C=O) groups excluding carboxylic acids is 1. The van der Waals surface area contributed by atoms with Crippen LogP contribution in [0, 0.1) is 11.8 Å². The van der Waals surface area contributed by atoms with Crippen molar-refractivity contribution in [2.75, 3.05) is 39.8 Å². The Morgan fingerprint density at radius 2 is 2.00 bits per heavy atom. The molecule has 2 aliphatic rings. The van der Waals surface area contributed by atoms with E-state index in [1.165, 1.54) is 12.0 Å². The number of ether oxygens (including phenoxy) is 1. The van der Waals surface area contributed by atoms with Crippen LogP contribution in [-0.2, 0) is 11.2 Å². The highest BCUT2D eigenvalue weighted by atomic mass is 16.5. The van der Waals surface area contributed by atoms with Gasteiger partial charge in [-0.05, 0) is 81.8 Å². The van der Waals surface area contributed by atoms with E-state index in [9.17, 15) is 4.79 Å². The second kappa shape index (κ2) is 9.40. The summed E-state index contributed by atoms with van der Waals surface area (Å²) in [6.07, 6.45) is 6.71. The molecule has 0 spiro atoms. The van der Waals surface area contributed by atoms with E-state index in [1.807, 2.05) is 6.07 Å². The Kier molecular flexibility index (Phi) is 6.95. The van der Waals surface area contributed by atoms with Crippen LogP contribution in [-0.4, -0.2) is 55.5 Å². The van der Waals surface area contributed by atoms with Gasteiger partial charge < -0.3 is 14.5 Å². The number of carbonyl (C=O) groups is 1. The molecule has 0 aliphatic carbocycles. The van der Waals surface area contributed by atoms with E-state index in [2.05, 4.69) is 34.9 Å². The summed E-state index contributed by atoms with van der Waals surface area (Å²) in [6.45, 7) is 7.40. The zero-order valence-electron chi connectivity index (χ0n) is 16.5. The lowest BCUT2D eigenvalue weighted by molar-refractivity contribution is -0.139. The van der Waals surface area contributed by atoms with E-state index in [0.29, 0.717) is 11.8 Å². The van der Waals surface area contributed by atoms with E-state index >= 15 is 0 Å². The molecule has 2 heterocycles. The SMILES string of the molecule is CCN1CCC(C(=O)N2CCC[C@H](CCc3cccc(OC)c3)C2)CC1. The molecular weight excluding hydrogens is 324 g/mol. The van der Waals surface area contributed by atoms with Gasteiger partial charge in [0.2, 0.25) is 5.91 Å². The van der Waals surface area contributed by atoms with Crippen molar-refractivity contribution in [3.05, 3.63) is 29.8 Å². The predicted molar refractivity (Wildman–Crippen MR) is 105 cm³/mol. The van der Waals surface area contributed by atoms with Crippen LogP contribution in [0.3, 0.4) is 0 Å². The first-order valence-electron chi connectivity index (χ1n) is 10.3. The fourth-order valence-electron chi connectivity index (χ4n) is 4.45. The number of rotatable bonds is 6. The molecule has 0 aromatic heterocycles. The van der Waals surface area contributed by atoms with E-state index < -0.39 is 0 Å². The summed E-state index contributed by atoms with van der Waals surface area (Å²) >= 11 is 0. The molecule has 0 N–H and O–H groups in total. The lowest BCUT2D eigenvalue weighted by atomic mass is 9.89. The minimum atomic E-state index is 0.259. The second-order valence-corrected chi connectivity index (χ2v) is 7.89. The van der Waals surface area contributed by atoms with Crippen molar-refractivity contribution >= 4 is 5.91 Å². The van der Waals surface area contributed by atoms with Crippen LogP contribution in [0.1, 0.15) is 44.6 Å². The lowest BCUT2D eigenvalue weighted by Gasteiger charge is -2.37.